The molecule has 0 radical (unpaired) electrons. The fourth-order valence-corrected chi connectivity index (χ4v) is 4.61. The summed E-state index contributed by atoms with van der Waals surface area (Å²) in [4.78, 5) is 4.84. The van der Waals surface area contributed by atoms with Crippen LogP contribution in [0.25, 0.3) is 0 Å². The van der Waals surface area contributed by atoms with Crippen molar-refractivity contribution in [2.45, 2.75) is 18.4 Å². The van der Waals surface area contributed by atoms with Crippen LogP contribution in [0.3, 0.4) is 0 Å². The van der Waals surface area contributed by atoms with E-state index in [1.807, 2.05) is 18.2 Å². The Kier molecular flexibility index (Phi) is 5.28. The van der Waals surface area contributed by atoms with Gasteiger partial charge in [0.05, 0.1) is 6.61 Å². The van der Waals surface area contributed by atoms with Crippen molar-refractivity contribution in [1.82, 2.24) is 9.80 Å². The lowest BCUT2D eigenvalue weighted by Gasteiger charge is -2.38. The monoisotopic (exact) mass is 374 g/mol. The summed E-state index contributed by atoms with van der Waals surface area (Å²) < 4.78 is 13.3. The molecule has 0 aromatic heterocycles. The molecule has 26 heavy (non-hydrogen) atoms. The van der Waals surface area contributed by atoms with Gasteiger partial charge >= 0.3 is 0 Å². The van der Waals surface area contributed by atoms with E-state index in [0.717, 1.165) is 49.7 Å². The highest BCUT2D eigenvalue weighted by molar-refractivity contribution is 6.30. The fraction of sp³-hybridized carbons (Fsp3) is 0.429. The van der Waals surface area contributed by atoms with E-state index in [2.05, 4.69) is 21.9 Å². The van der Waals surface area contributed by atoms with Crippen molar-refractivity contribution < 1.29 is 9.50 Å². The van der Waals surface area contributed by atoms with E-state index >= 15 is 0 Å². The van der Waals surface area contributed by atoms with Crippen molar-refractivity contribution in [3.63, 3.8) is 0 Å². The number of nitrogens with zero attached hydrogens (tertiary/aromatic N) is 2. The zero-order chi connectivity index (χ0) is 18.1. The largest absolute Gasteiger partial charge is 0.395 e. The highest BCUT2D eigenvalue weighted by Gasteiger charge is 2.36. The molecular formula is C21H24ClFN2O. The van der Waals surface area contributed by atoms with Crippen molar-refractivity contribution in [2.75, 3.05) is 39.3 Å². The Labute approximate surface area is 159 Å². The molecule has 0 saturated carbocycles. The van der Waals surface area contributed by atoms with Crippen LogP contribution in [0, 0.1) is 5.82 Å². The van der Waals surface area contributed by atoms with Gasteiger partial charge in [0.25, 0.3) is 0 Å². The normalized spacial score (nSPS) is 24.0. The Hall–Kier alpha value is -1.46. The summed E-state index contributed by atoms with van der Waals surface area (Å²) in [7, 11) is 0. The number of hydrogen-bond donors (Lipinski definition) is 1. The molecule has 2 aromatic carbocycles. The van der Waals surface area contributed by atoms with Crippen molar-refractivity contribution >= 4 is 11.6 Å². The second kappa shape index (κ2) is 7.65. The van der Waals surface area contributed by atoms with Crippen molar-refractivity contribution in [1.29, 1.82) is 0 Å². The number of aliphatic hydroxyl groups is 1. The second-order valence-electron chi connectivity index (χ2n) is 7.23. The number of benzene rings is 2. The number of hydrogen-bond acceptors (Lipinski definition) is 3. The summed E-state index contributed by atoms with van der Waals surface area (Å²) in [5.41, 5.74) is 3.78. The first-order valence-corrected chi connectivity index (χ1v) is 9.65. The third-order valence-corrected chi connectivity index (χ3v) is 6.01. The molecule has 0 spiro atoms. The maximum Gasteiger partial charge on any atom is 0.123 e. The number of piperazine rings is 1. The zero-order valence-electron chi connectivity index (χ0n) is 14.7. The van der Waals surface area contributed by atoms with Gasteiger partial charge in [-0.2, -0.15) is 0 Å². The van der Waals surface area contributed by atoms with Gasteiger partial charge in [-0.3, -0.25) is 9.80 Å². The van der Waals surface area contributed by atoms with Crippen molar-refractivity contribution in [2.24, 2.45) is 0 Å². The molecule has 138 valence electrons. The Bertz CT molecular complexity index is 759. The van der Waals surface area contributed by atoms with E-state index < -0.39 is 0 Å². The molecule has 1 aliphatic heterocycles. The van der Waals surface area contributed by atoms with Crippen molar-refractivity contribution in [3.8, 4) is 0 Å². The summed E-state index contributed by atoms with van der Waals surface area (Å²) in [6.45, 7) is 4.91. The lowest BCUT2D eigenvalue weighted by Crippen LogP contribution is -2.48. The summed E-state index contributed by atoms with van der Waals surface area (Å²) in [6.07, 6.45) is 1.00. The molecule has 0 unspecified atom stereocenters. The first kappa shape index (κ1) is 17.9. The molecule has 4 rings (SSSR count). The van der Waals surface area contributed by atoms with Crippen LogP contribution < -0.4 is 0 Å². The first-order valence-electron chi connectivity index (χ1n) is 9.28. The molecule has 1 aliphatic carbocycles. The molecule has 1 saturated heterocycles. The minimum atomic E-state index is -0.195. The lowest BCUT2D eigenvalue weighted by atomic mass is 9.93. The molecular weight excluding hydrogens is 351 g/mol. The van der Waals surface area contributed by atoms with Gasteiger partial charge in [-0.25, -0.2) is 4.39 Å². The van der Waals surface area contributed by atoms with Gasteiger partial charge in [-0.05, 0) is 47.4 Å². The Morgan fingerprint density at radius 3 is 2.42 bits per heavy atom. The van der Waals surface area contributed by atoms with Crippen LogP contribution in [0.4, 0.5) is 4.39 Å². The van der Waals surface area contributed by atoms with Crippen LogP contribution in [-0.4, -0.2) is 54.2 Å². The van der Waals surface area contributed by atoms with Gasteiger partial charge in [0.15, 0.2) is 0 Å². The summed E-state index contributed by atoms with van der Waals surface area (Å²) >= 11 is 6.30. The van der Waals surface area contributed by atoms with Crippen LogP contribution in [0.2, 0.25) is 5.02 Å². The summed E-state index contributed by atoms with van der Waals surface area (Å²) in [5, 5.41) is 9.91. The quantitative estimate of drug-likeness (QED) is 0.884. The number of halogens is 2. The minimum Gasteiger partial charge on any atom is -0.395 e. The van der Waals surface area contributed by atoms with E-state index in [1.54, 1.807) is 12.1 Å². The van der Waals surface area contributed by atoms with Crippen LogP contribution >= 0.6 is 11.6 Å². The number of fused-ring (bicyclic) bond motifs is 1. The topological polar surface area (TPSA) is 26.7 Å². The van der Waals surface area contributed by atoms with E-state index in [-0.39, 0.29) is 18.3 Å². The Morgan fingerprint density at radius 2 is 1.73 bits per heavy atom. The summed E-state index contributed by atoms with van der Waals surface area (Å²) in [5.74, 6) is 0.0861. The Morgan fingerprint density at radius 1 is 1.00 bits per heavy atom. The maximum atomic E-state index is 13.3. The van der Waals surface area contributed by atoms with Gasteiger partial charge in [0.2, 0.25) is 0 Å². The van der Waals surface area contributed by atoms with Crippen LogP contribution in [-0.2, 0) is 0 Å². The molecule has 1 heterocycles. The summed E-state index contributed by atoms with van der Waals surface area (Å²) in [6, 6.07) is 13.4. The number of rotatable bonds is 4. The average molecular weight is 375 g/mol. The number of aliphatic hydroxyl groups excluding tert-OH is 1. The molecule has 0 amide bonds. The first-order chi connectivity index (χ1) is 12.7. The minimum absolute atomic E-state index is 0.195. The van der Waals surface area contributed by atoms with E-state index in [1.165, 1.54) is 11.1 Å². The van der Waals surface area contributed by atoms with Gasteiger partial charge in [0.1, 0.15) is 5.82 Å². The Balaban J connectivity index is 1.59. The molecule has 2 atom stereocenters. The predicted molar refractivity (Wildman–Crippen MR) is 102 cm³/mol. The molecule has 0 bridgehead atoms. The standard InChI is InChI=1S/C21H24ClFN2O/c22-16-3-6-18-19(15-1-4-17(23)5-2-15)14-21(20(18)13-16)25-9-7-24(8-10-25)11-12-26/h1-6,13,19,21,26H,7-12,14H2/t19-,21+/m1/s1. The third kappa shape index (κ3) is 3.52. The number of β-amino-alcohol motifs (C(OH)–C–C–N with tert-alkyl or cyclic N) is 1. The maximum absolute atomic E-state index is 13.3. The highest BCUT2D eigenvalue weighted by Crippen LogP contribution is 2.47. The smallest absolute Gasteiger partial charge is 0.123 e. The zero-order valence-corrected chi connectivity index (χ0v) is 15.5. The molecule has 1 N–H and O–H groups in total. The average Bonchev–Trinajstić information content (AvgIpc) is 3.02. The molecule has 2 aliphatic rings. The molecule has 2 aromatic rings. The van der Waals surface area contributed by atoms with Crippen molar-refractivity contribution in [3.05, 3.63) is 70.0 Å². The SMILES string of the molecule is OCCN1CCN([C@H]2C[C@H](c3ccc(F)cc3)c3ccc(Cl)cc32)CC1. The van der Waals surface area contributed by atoms with Crippen LogP contribution in [0.5, 0.6) is 0 Å². The van der Waals surface area contributed by atoms with E-state index in [9.17, 15) is 4.39 Å². The fourth-order valence-electron chi connectivity index (χ4n) is 4.43. The van der Waals surface area contributed by atoms with Crippen LogP contribution in [0.1, 0.15) is 35.1 Å². The highest BCUT2D eigenvalue weighted by atomic mass is 35.5. The molecule has 3 nitrogen and oxygen atoms in total. The van der Waals surface area contributed by atoms with E-state index in [0.29, 0.717) is 6.04 Å². The van der Waals surface area contributed by atoms with Gasteiger partial charge in [-0.15, -0.1) is 0 Å². The van der Waals surface area contributed by atoms with Gasteiger partial charge in [-0.1, -0.05) is 29.8 Å². The van der Waals surface area contributed by atoms with Gasteiger partial charge in [0, 0.05) is 49.7 Å². The second-order valence-corrected chi connectivity index (χ2v) is 7.67. The lowest BCUT2D eigenvalue weighted by molar-refractivity contribution is 0.0827. The van der Waals surface area contributed by atoms with E-state index in [4.69, 9.17) is 16.7 Å². The predicted octanol–water partition coefficient (Wildman–Crippen LogP) is 3.67. The van der Waals surface area contributed by atoms with Gasteiger partial charge < -0.3 is 5.11 Å². The van der Waals surface area contributed by atoms with Crippen LogP contribution in [0.15, 0.2) is 42.5 Å². The molecule has 1 fully saturated rings. The third-order valence-electron chi connectivity index (χ3n) is 5.78. The molecule has 5 heteroatoms.